The first kappa shape index (κ1) is 14.0. The maximum absolute atomic E-state index is 12.0. The molecule has 0 unspecified atom stereocenters. The minimum atomic E-state index is -0.176. The Morgan fingerprint density at radius 3 is 2.96 bits per heavy atom. The fourth-order valence-corrected chi connectivity index (χ4v) is 2.56. The molecule has 2 aromatic heterocycles. The van der Waals surface area contributed by atoms with Crippen LogP contribution in [0.25, 0.3) is 17.0 Å². The summed E-state index contributed by atoms with van der Waals surface area (Å²) in [5.41, 5.74) is 2.68. The Kier molecular flexibility index (Phi) is 3.37. The fourth-order valence-electron chi connectivity index (χ4n) is 2.56. The molecule has 1 aliphatic carbocycles. The average molecular weight is 310 g/mol. The van der Waals surface area contributed by atoms with E-state index in [-0.39, 0.29) is 11.9 Å². The van der Waals surface area contributed by atoms with E-state index >= 15 is 0 Å². The Labute approximate surface area is 133 Å². The summed E-state index contributed by atoms with van der Waals surface area (Å²) in [4.78, 5) is 19.8. The number of nitrogens with one attached hydrogen (secondary N) is 1. The minimum Gasteiger partial charge on any atom is -0.407 e. The van der Waals surface area contributed by atoms with Crippen molar-refractivity contribution in [3.63, 3.8) is 0 Å². The minimum absolute atomic E-state index is 0.0450. The number of H-pyrrole nitrogens is 1. The van der Waals surface area contributed by atoms with Crippen molar-refractivity contribution in [2.24, 2.45) is 5.92 Å². The summed E-state index contributed by atoms with van der Waals surface area (Å²) in [5.74, 6) is 0.866. The average Bonchev–Trinajstić information content (AvgIpc) is 3.20. The molecule has 1 fully saturated rings. The zero-order chi connectivity index (χ0) is 15.8. The Bertz CT molecular complexity index is 827. The Morgan fingerprint density at radius 1 is 1.39 bits per heavy atom. The van der Waals surface area contributed by atoms with Crippen LogP contribution in [0.4, 0.5) is 0 Å². The van der Waals surface area contributed by atoms with Gasteiger partial charge in [0, 0.05) is 6.07 Å². The van der Waals surface area contributed by atoms with Gasteiger partial charge in [0.05, 0.1) is 22.6 Å². The molecule has 3 aromatic rings. The number of para-hydroxylation sites is 2. The van der Waals surface area contributed by atoms with Crippen LogP contribution in [0.3, 0.4) is 0 Å². The zero-order valence-electron chi connectivity index (χ0n) is 13.0. The van der Waals surface area contributed by atoms with E-state index in [0.29, 0.717) is 11.8 Å². The third kappa shape index (κ3) is 2.72. The first-order chi connectivity index (χ1) is 11.2. The van der Waals surface area contributed by atoms with Crippen LogP contribution in [0.15, 0.2) is 30.3 Å². The molecule has 23 heavy (non-hydrogen) atoms. The molecule has 6 heteroatoms. The van der Waals surface area contributed by atoms with Gasteiger partial charge in [-0.15, -0.1) is 0 Å². The number of imidazole rings is 1. The Hall–Kier alpha value is -2.63. The van der Waals surface area contributed by atoms with Crippen LogP contribution in [0.2, 0.25) is 0 Å². The number of fused-ring (bicyclic) bond motifs is 1. The van der Waals surface area contributed by atoms with Gasteiger partial charge in [0.15, 0.2) is 0 Å². The largest absolute Gasteiger partial charge is 0.407 e. The first-order valence-corrected chi connectivity index (χ1v) is 8.00. The Balaban J connectivity index is 1.73. The standard InChI is InChI=1S/C17H18N4O2/c1-2-5-12-10-15(23-16(22)11-8-9-11)21(20-12)17-18-13-6-3-4-7-14(13)19-17/h3-4,6-7,10-11H,2,5,8-9H2,1H3,(H,18,19). The molecule has 0 spiro atoms. The number of aromatic nitrogens is 4. The van der Waals surface area contributed by atoms with E-state index in [4.69, 9.17) is 4.74 Å². The maximum Gasteiger partial charge on any atom is 0.315 e. The zero-order valence-corrected chi connectivity index (χ0v) is 13.0. The van der Waals surface area contributed by atoms with Gasteiger partial charge in [0.25, 0.3) is 0 Å². The lowest BCUT2D eigenvalue weighted by Crippen LogP contribution is -2.13. The SMILES string of the molecule is CCCc1cc(OC(=O)C2CC2)n(-c2nc3ccccc3[nH]2)n1. The van der Waals surface area contributed by atoms with Crippen LogP contribution in [0, 0.1) is 5.92 Å². The molecule has 0 bridgehead atoms. The predicted molar refractivity (Wildman–Crippen MR) is 85.6 cm³/mol. The van der Waals surface area contributed by atoms with Crippen LogP contribution in [0.5, 0.6) is 5.88 Å². The van der Waals surface area contributed by atoms with Crippen molar-refractivity contribution in [3.8, 4) is 11.8 Å². The summed E-state index contributed by atoms with van der Waals surface area (Å²) in [6.45, 7) is 2.09. The van der Waals surface area contributed by atoms with Crippen LogP contribution < -0.4 is 4.74 Å². The second kappa shape index (κ2) is 5.53. The number of esters is 1. The number of hydrogen-bond donors (Lipinski definition) is 1. The number of carbonyl (C=O) groups excluding carboxylic acids is 1. The van der Waals surface area contributed by atoms with E-state index < -0.39 is 0 Å². The molecule has 0 aliphatic heterocycles. The third-order valence-corrected chi connectivity index (χ3v) is 3.93. The van der Waals surface area contributed by atoms with E-state index in [9.17, 15) is 4.79 Å². The molecular weight excluding hydrogens is 292 g/mol. The second-order valence-electron chi connectivity index (χ2n) is 5.91. The molecule has 6 nitrogen and oxygen atoms in total. The van der Waals surface area contributed by atoms with Crippen molar-refractivity contribution in [1.29, 1.82) is 0 Å². The molecule has 2 heterocycles. The fraction of sp³-hybridized carbons (Fsp3) is 0.353. The van der Waals surface area contributed by atoms with Gasteiger partial charge in [0.2, 0.25) is 11.8 Å². The van der Waals surface area contributed by atoms with Gasteiger partial charge in [-0.2, -0.15) is 9.78 Å². The van der Waals surface area contributed by atoms with Crippen LogP contribution >= 0.6 is 0 Å². The third-order valence-electron chi connectivity index (χ3n) is 3.93. The van der Waals surface area contributed by atoms with Crippen molar-refractivity contribution < 1.29 is 9.53 Å². The highest BCUT2D eigenvalue weighted by Crippen LogP contribution is 2.31. The number of hydrogen-bond acceptors (Lipinski definition) is 4. The van der Waals surface area contributed by atoms with Crippen molar-refractivity contribution >= 4 is 17.0 Å². The second-order valence-corrected chi connectivity index (χ2v) is 5.91. The van der Waals surface area contributed by atoms with Gasteiger partial charge < -0.3 is 9.72 Å². The highest BCUT2D eigenvalue weighted by atomic mass is 16.5. The highest BCUT2D eigenvalue weighted by molar-refractivity contribution is 5.78. The smallest absolute Gasteiger partial charge is 0.315 e. The summed E-state index contributed by atoms with van der Waals surface area (Å²) in [7, 11) is 0. The van der Waals surface area contributed by atoms with Crippen molar-refractivity contribution in [3.05, 3.63) is 36.0 Å². The van der Waals surface area contributed by atoms with Gasteiger partial charge in [-0.05, 0) is 31.4 Å². The summed E-state index contributed by atoms with van der Waals surface area (Å²) in [6, 6.07) is 9.60. The lowest BCUT2D eigenvalue weighted by Gasteiger charge is -2.04. The lowest BCUT2D eigenvalue weighted by molar-refractivity contribution is -0.136. The lowest BCUT2D eigenvalue weighted by atomic mass is 10.2. The van der Waals surface area contributed by atoms with Gasteiger partial charge >= 0.3 is 5.97 Å². The Morgan fingerprint density at radius 2 is 2.22 bits per heavy atom. The first-order valence-electron chi connectivity index (χ1n) is 8.00. The van der Waals surface area contributed by atoms with Gasteiger partial charge in [-0.1, -0.05) is 25.5 Å². The highest BCUT2D eigenvalue weighted by Gasteiger charge is 2.32. The molecule has 4 rings (SSSR count). The van der Waals surface area contributed by atoms with E-state index in [1.165, 1.54) is 0 Å². The van der Waals surface area contributed by atoms with E-state index in [1.54, 1.807) is 4.68 Å². The number of ether oxygens (including phenoxy) is 1. The molecular formula is C17H18N4O2. The van der Waals surface area contributed by atoms with Crippen molar-refractivity contribution in [1.82, 2.24) is 19.7 Å². The molecule has 1 N–H and O–H groups in total. The number of nitrogens with zero attached hydrogens (tertiary/aromatic N) is 3. The molecule has 1 aromatic carbocycles. The molecule has 0 amide bonds. The monoisotopic (exact) mass is 310 g/mol. The van der Waals surface area contributed by atoms with E-state index in [2.05, 4.69) is 22.0 Å². The van der Waals surface area contributed by atoms with E-state index in [1.807, 2.05) is 30.3 Å². The number of carbonyl (C=O) groups is 1. The molecule has 118 valence electrons. The number of rotatable bonds is 5. The van der Waals surface area contributed by atoms with Crippen LogP contribution in [0.1, 0.15) is 31.9 Å². The maximum atomic E-state index is 12.0. The summed E-state index contributed by atoms with van der Waals surface area (Å²) in [5, 5.41) is 4.54. The number of aryl methyl sites for hydroxylation is 1. The summed E-state index contributed by atoms with van der Waals surface area (Å²) in [6.07, 6.45) is 3.65. The molecule has 0 radical (unpaired) electrons. The molecule has 0 atom stereocenters. The molecule has 1 saturated carbocycles. The summed E-state index contributed by atoms with van der Waals surface area (Å²) >= 11 is 0. The van der Waals surface area contributed by atoms with Gasteiger partial charge in [-0.3, -0.25) is 4.79 Å². The predicted octanol–water partition coefficient (Wildman–Crippen LogP) is 3.02. The quantitative estimate of drug-likeness (QED) is 0.735. The molecule has 1 aliphatic rings. The summed E-state index contributed by atoms with van der Waals surface area (Å²) < 4.78 is 7.14. The normalized spacial score (nSPS) is 14.3. The van der Waals surface area contributed by atoms with E-state index in [0.717, 1.165) is 42.4 Å². The van der Waals surface area contributed by atoms with Crippen LogP contribution in [-0.2, 0) is 11.2 Å². The van der Waals surface area contributed by atoms with Gasteiger partial charge in [0.1, 0.15) is 0 Å². The topological polar surface area (TPSA) is 72.8 Å². The number of aromatic amines is 1. The van der Waals surface area contributed by atoms with Crippen molar-refractivity contribution in [2.75, 3.05) is 0 Å². The molecule has 0 saturated heterocycles. The van der Waals surface area contributed by atoms with Crippen LogP contribution in [-0.4, -0.2) is 25.7 Å². The van der Waals surface area contributed by atoms with Crippen molar-refractivity contribution in [2.45, 2.75) is 32.6 Å². The van der Waals surface area contributed by atoms with Gasteiger partial charge in [-0.25, -0.2) is 4.98 Å². The number of benzene rings is 1.